The van der Waals surface area contributed by atoms with Crippen molar-refractivity contribution < 1.29 is 4.74 Å². The van der Waals surface area contributed by atoms with Gasteiger partial charge in [0.2, 0.25) is 0 Å². The minimum absolute atomic E-state index is 0.731. The van der Waals surface area contributed by atoms with Crippen LogP contribution in [0.1, 0.15) is 16.1 Å². The number of ether oxygens (including phenoxy) is 1. The van der Waals surface area contributed by atoms with Crippen LogP contribution in [0, 0.1) is 6.92 Å². The molecule has 104 valence electrons. The Morgan fingerprint density at radius 1 is 1.53 bits per heavy atom. The molecule has 2 aromatic heterocycles. The van der Waals surface area contributed by atoms with Crippen molar-refractivity contribution in [2.75, 3.05) is 20.3 Å². The number of hydrogen-bond donors (Lipinski definition) is 1. The molecule has 0 spiro atoms. The van der Waals surface area contributed by atoms with Gasteiger partial charge in [0.25, 0.3) is 0 Å². The van der Waals surface area contributed by atoms with E-state index in [0.717, 1.165) is 30.7 Å². The van der Waals surface area contributed by atoms with E-state index in [0.29, 0.717) is 0 Å². The van der Waals surface area contributed by atoms with E-state index in [1.54, 1.807) is 18.4 Å². The molecule has 0 amide bonds. The summed E-state index contributed by atoms with van der Waals surface area (Å²) in [6.45, 7) is 5.36. The number of rotatable bonds is 7. The maximum absolute atomic E-state index is 5.01. The van der Waals surface area contributed by atoms with Gasteiger partial charge in [0.1, 0.15) is 0 Å². The molecule has 2 aromatic rings. The monoisotopic (exact) mass is 343 g/mol. The first-order chi connectivity index (χ1) is 9.22. The number of nitrogens with one attached hydrogen (secondary N) is 1. The fourth-order valence-electron chi connectivity index (χ4n) is 1.79. The Morgan fingerprint density at radius 2 is 2.37 bits per heavy atom. The second-order valence-corrected chi connectivity index (χ2v) is 6.13. The largest absolute Gasteiger partial charge is 0.383 e. The Labute approximate surface area is 125 Å². The van der Waals surface area contributed by atoms with E-state index in [2.05, 4.69) is 44.7 Å². The Morgan fingerprint density at radius 3 is 3.05 bits per heavy atom. The maximum Gasteiger partial charge on any atom is 0.0766 e. The summed E-state index contributed by atoms with van der Waals surface area (Å²) in [6.07, 6.45) is 1.94. The van der Waals surface area contributed by atoms with E-state index in [9.17, 15) is 0 Å². The first-order valence-corrected chi connectivity index (χ1v) is 7.82. The number of nitrogens with zero attached hydrogens (tertiary/aromatic N) is 2. The van der Waals surface area contributed by atoms with Gasteiger partial charge in [-0.3, -0.25) is 4.68 Å². The molecule has 2 rings (SSSR count). The van der Waals surface area contributed by atoms with Gasteiger partial charge in [-0.1, -0.05) is 0 Å². The fraction of sp³-hybridized carbons (Fsp3) is 0.462. The second-order valence-electron chi connectivity index (χ2n) is 4.27. The van der Waals surface area contributed by atoms with Gasteiger partial charge in [0.05, 0.1) is 19.3 Å². The van der Waals surface area contributed by atoms with Crippen molar-refractivity contribution >= 4 is 27.3 Å². The molecular formula is C13H18BrN3OS. The number of thiophene rings is 1. The van der Waals surface area contributed by atoms with Gasteiger partial charge in [-0.05, 0) is 34.3 Å². The van der Waals surface area contributed by atoms with Crippen molar-refractivity contribution in [2.45, 2.75) is 20.0 Å². The highest BCUT2D eigenvalue weighted by molar-refractivity contribution is 9.10. The summed E-state index contributed by atoms with van der Waals surface area (Å²) in [4.78, 5) is 1.30. The average Bonchev–Trinajstić information content (AvgIpc) is 2.95. The van der Waals surface area contributed by atoms with Gasteiger partial charge in [-0.25, -0.2) is 0 Å². The summed E-state index contributed by atoms with van der Waals surface area (Å²) >= 11 is 5.30. The molecule has 0 atom stereocenters. The normalized spacial score (nSPS) is 11.1. The van der Waals surface area contributed by atoms with E-state index in [1.807, 2.05) is 10.9 Å². The predicted octanol–water partition coefficient (Wildman–Crippen LogP) is 2.80. The van der Waals surface area contributed by atoms with Crippen molar-refractivity contribution in [1.29, 1.82) is 0 Å². The van der Waals surface area contributed by atoms with Gasteiger partial charge in [-0.2, -0.15) is 5.10 Å². The van der Waals surface area contributed by atoms with E-state index in [-0.39, 0.29) is 0 Å². The molecule has 0 saturated carbocycles. The third-order valence-corrected chi connectivity index (χ3v) is 4.90. The van der Waals surface area contributed by atoms with Crippen LogP contribution in [0.4, 0.5) is 0 Å². The molecule has 0 saturated heterocycles. The lowest BCUT2D eigenvalue weighted by Gasteiger charge is -2.06. The summed E-state index contributed by atoms with van der Waals surface area (Å²) in [7, 11) is 1.71. The van der Waals surface area contributed by atoms with E-state index >= 15 is 0 Å². The Bertz CT molecular complexity index is 524. The Hall–Kier alpha value is -0.690. The molecule has 2 heterocycles. The first kappa shape index (κ1) is 14.7. The molecule has 0 radical (unpaired) electrons. The smallest absolute Gasteiger partial charge is 0.0766 e. The third-order valence-electron chi connectivity index (χ3n) is 2.99. The van der Waals surface area contributed by atoms with Crippen molar-refractivity contribution in [3.8, 4) is 0 Å². The number of aromatic nitrogens is 2. The molecule has 4 nitrogen and oxygen atoms in total. The van der Waals surface area contributed by atoms with Crippen LogP contribution in [-0.4, -0.2) is 30.0 Å². The zero-order valence-corrected chi connectivity index (χ0v) is 13.6. The van der Waals surface area contributed by atoms with Crippen LogP contribution < -0.4 is 5.32 Å². The zero-order chi connectivity index (χ0) is 13.7. The summed E-state index contributed by atoms with van der Waals surface area (Å²) in [6, 6.07) is 2.08. The summed E-state index contributed by atoms with van der Waals surface area (Å²) in [5, 5.41) is 9.89. The van der Waals surface area contributed by atoms with Gasteiger partial charge < -0.3 is 10.1 Å². The highest BCUT2D eigenvalue weighted by Gasteiger charge is 2.08. The highest BCUT2D eigenvalue weighted by atomic mass is 79.9. The van der Waals surface area contributed by atoms with Crippen LogP contribution in [0.5, 0.6) is 0 Å². The van der Waals surface area contributed by atoms with E-state index in [1.165, 1.54) is 16.1 Å². The molecule has 0 aliphatic carbocycles. The molecule has 0 aliphatic rings. The molecule has 6 heteroatoms. The van der Waals surface area contributed by atoms with Crippen molar-refractivity contribution in [3.05, 3.63) is 38.3 Å². The maximum atomic E-state index is 5.01. The topological polar surface area (TPSA) is 39.1 Å². The van der Waals surface area contributed by atoms with Crippen molar-refractivity contribution in [2.24, 2.45) is 0 Å². The minimum atomic E-state index is 0.731. The predicted molar refractivity (Wildman–Crippen MR) is 81.7 cm³/mol. The Balaban J connectivity index is 1.96. The molecule has 0 aliphatic heterocycles. The van der Waals surface area contributed by atoms with Crippen LogP contribution in [0.15, 0.2) is 22.1 Å². The molecule has 1 N–H and O–H groups in total. The minimum Gasteiger partial charge on any atom is -0.383 e. The average molecular weight is 344 g/mol. The third kappa shape index (κ3) is 3.89. The molecular weight excluding hydrogens is 326 g/mol. The number of halogens is 1. The number of hydrogen-bond acceptors (Lipinski definition) is 4. The quantitative estimate of drug-likeness (QED) is 0.785. The van der Waals surface area contributed by atoms with Gasteiger partial charge in [-0.15, -0.1) is 11.3 Å². The highest BCUT2D eigenvalue weighted by Crippen LogP contribution is 2.24. The second kappa shape index (κ2) is 7.19. The lowest BCUT2D eigenvalue weighted by Crippen LogP contribution is -2.18. The molecule has 0 bridgehead atoms. The van der Waals surface area contributed by atoms with E-state index < -0.39 is 0 Å². The zero-order valence-electron chi connectivity index (χ0n) is 11.1. The SMILES string of the molecule is COCCNCc1cnn(Cc2sccc2Br)c1C. The summed E-state index contributed by atoms with van der Waals surface area (Å²) in [5.74, 6) is 0. The lowest BCUT2D eigenvalue weighted by molar-refractivity contribution is 0.199. The van der Waals surface area contributed by atoms with Crippen LogP contribution in [-0.2, 0) is 17.8 Å². The first-order valence-electron chi connectivity index (χ1n) is 6.15. The molecule has 19 heavy (non-hydrogen) atoms. The Kier molecular flexibility index (Phi) is 5.57. The van der Waals surface area contributed by atoms with Gasteiger partial charge in [0, 0.05) is 40.8 Å². The van der Waals surface area contributed by atoms with Crippen LogP contribution in [0.2, 0.25) is 0 Å². The van der Waals surface area contributed by atoms with E-state index in [4.69, 9.17) is 4.74 Å². The van der Waals surface area contributed by atoms with Crippen molar-refractivity contribution in [3.63, 3.8) is 0 Å². The summed E-state index contributed by atoms with van der Waals surface area (Å²) < 4.78 is 8.22. The fourth-order valence-corrected chi connectivity index (χ4v) is 3.25. The van der Waals surface area contributed by atoms with Crippen LogP contribution in [0.3, 0.4) is 0 Å². The molecule has 0 aromatic carbocycles. The summed E-state index contributed by atoms with van der Waals surface area (Å²) in [5.41, 5.74) is 2.45. The van der Waals surface area contributed by atoms with Crippen molar-refractivity contribution in [1.82, 2.24) is 15.1 Å². The standard InChI is InChI=1S/C13H18BrN3OS/c1-10-11(7-15-4-5-18-2)8-16-17(10)9-13-12(14)3-6-19-13/h3,6,8,15H,4-5,7,9H2,1-2H3. The van der Waals surface area contributed by atoms with Crippen LogP contribution in [0.25, 0.3) is 0 Å². The van der Waals surface area contributed by atoms with Gasteiger partial charge in [0.15, 0.2) is 0 Å². The molecule has 0 unspecified atom stereocenters. The molecule has 0 fully saturated rings. The lowest BCUT2D eigenvalue weighted by atomic mass is 10.2. The van der Waals surface area contributed by atoms with Crippen LogP contribution >= 0.6 is 27.3 Å². The van der Waals surface area contributed by atoms with Gasteiger partial charge >= 0.3 is 0 Å². The number of methoxy groups -OCH3 is 1.